The minimum absolute atomic E-state index is 0. The average Bonchev–Trinajstić information content (AvgIpc) is 2.59. The highest BCUT2D eigenvalue weighted by Crippen LogP contribution is 2.29. The molecule has 0 aliphatic carbocycles. The molecule has 0 bridgehead atoms. The Morgan fingerprint density at radius 1 is 1.17 bits per heavy atom. The van der Waals surface area contributed by atoms with Gasteiger partial charge in [-0.05, 0) is 32.1 Å². The molecule has 0 saturated carbocycles. The zero-order chi connectivity index (χ0) is 17.2. The van der Waals surface area contributed by atoms with Gasteiger partial charge in [0.25, 0.3) is 0 Å². The number of aliphatic imine (C=N–C) groups is 1. The van der Waals surface area contributed by atoms with Crippen molar-refractivity contribution in [3.63, 3.8) is 0 Å². The number of nitrogens with one attached hydrogen (secondary N) is 2. The summed E-state index contributed by atoms with van der Waals surface area (Å²) < 4.78 is 10.6. The van der Waals surface area contributed by atoms with Gasteiger partial charge in [0, 0.05) is 31.4 Å². The van der Waals surface area contributed by atoms with Crippen molar-refractivity contribution in [2.24, 2.45) is 4.99 Å². The molecule has 0 aliphatic heterocycles. The Bertz CT molecular complexity index is 507. The van der Waals surface area contributed by atoms with Gasteiger partial charge < -0.3 is 20.1 Å². The molecule has 1 aromatic rings. The number of anilines is 1. The van der Waals surface area contributed by atoms with Crippen molar-refractivity contribution in [1.82, 2.24) is 10.2 Å². The lowest BCUT2D eigenvalue weighted by Gasteiger charge is -2.27. The van der Waals surface area contributed by atoms with Crippen LogP contribution in [0.4, 0.5) is 5.69 Å². The lowest BCUT2D eigenvalue weighted by molar-refractivity contribution is 0.232. The van der Waals surface area contributed by atoms with Gasteiger partial charge in [-0.2, -0.15) is 0 Å². The molecule has 1 rings (SSSR count). The molecule has 0 spiro atoms. The zero-order valence-electron chi connectivity index (χ0n) is 15.5. The second-order valence-corrected chi connectivity index (χ2v) is 5.22. The van der Waals surface area contributed by atoms with Crippen molar-refractivity contribution in [2.45, 2.75) is 26.8 Å². The molecular weight excluding hydrogens is 419 g/mol. The number of ether oxygens (including phenoxy) is 2. The van der Waals surface area contributed by atoms with Crippen molar-refractivity contribution in [2.75, 3.05) is 46.2 Å². The van der Waals surface area contributed by atoms with Crippen LogP contribution in [0, 0.1) is 0 Å². The van der Waals surface area contributed by atoms with Gasteiger partial charge in [0.2, 0.25) is 0 Å². The second-order valence-electron chi connectivity index (χ2n) is 5.22. The summed E-state index contributed by atoms with van der Waals surface area (Å²) in [5.41, 5.74) is 0.895. The summed E-state index contributed by atoms with van der Waals surface area (Å²) >= 11 is 0. The number of rotatable bonds is 8. The van der Waals surface area contributed by atoms with E-state index in [1.54, 1.807) is 21.3 Å². The van der Waals surface area contributed by atoms with Gasteiger partial charge in [-0.15, -0.1) is 24.0 Å². The normalized spacial score (nSPS) is 12.4. The van der Waals surface area contributed by atoms with Crippen molar-refractivity contribution in [3.8, 4) is 11.5 Å². The van der Waals surface area contributed by atoms with E-state index in [4.69, 9.17) is 9.47 Å². The van der Waals surface area contributed by atoms with E-state index in [0.717, 1.165) is 31.3 Å². The first kappa shape index (κ1) is 22.8. The van der Waals surface area contributed by atoms with Crippen LogP contribution in [0.1, 0.15) is 20.8 Å². The van der Waals surface area contributed by atoms with Gasteiger partial charge in [0.1, 0.15) is 0 Å². The molecule has 1 aromatic carbocycles. The summed E-state index contributed by atoms with van der Waals surface area (Å²) in [5, 5.41) is 6.63. The highest BCUT2D eigenvalue weighted by atomic mass is 127. The third-order valence-corrected chi connectivity index (χ3v) is 3.87. The van der Waals surface area contributed by atoms with Crippen LogP contribution < -0.4 is 20.1 Å². The summed E-state index contributed by atoms with van der Waals surface area (Å²) in [6, 6.07) is 6.13. The van der Waals surface area contributed by atoms with Gasteiger partial charge in [-0.3, -0.25) is 9.89 Å². The molecule has 0 amide bonds. The third kappa shape index (κ3) is 6.72. The third-order valence-electron chi connectivity index (χ3n) is 3.87. The lowest BCUT2D eigenvalue weighted by atomic mass is 10.2. The number of likely N-dealkylation sites (N-methyl/N-ethyl adjacent to an activating group) is 1. The number of methoxy groups -OCH3 is 2. The highest BCUT2D eigenvalue weighted by molar-refractivity contribution is 14.0. The maximum Gasteiger partial charge on any atom is 0.195 e. The SMILES string of the molecule is CCN(CC)C(C)CNC(=NC)Nc1ccc(OC)c(OC)c1.I. The standard InChI is InChI=1S/C17H30N4O2.HI/c1-7-21(8-2)13(3)12-19-17(18-4)20-14-9-10-15(22-5)16(11-14)23-6;/h9-11,13H,7-8,12H2,1-6H3,(H2,18,19,20);1H. The maximum atomic E-state index is 5.32. The summed E-state index contributed by atoms with van der Waals surface area (Å²) in [6.45, 7) is 9.48. The molecule has 0 fully saturated rings. The lowest BCUT2D eigenvalue weighted by Crippen LogP contribution is -2.43. The summed E-state index contributed by atoms with van der Waals surface area (Å²) in [4.78, 5) is 6.67. The molecule has 138 valence electrons. The molecule has 0 saturated heterocycles. The quantitative estimate of drug-likeness (QED) is 0.362. The Hall–Kier alpha value is -1.22. The number of hydrogen-bond acceptors (Lipinski definition) is 4. The van der Waals surface area contributed by atoms with Crippen LogP contribution in [0.2, 0.25) is 0 Å². The Balaban J connectivity index is 0.00000529. The number of hydrogen-bond donors (Lipinski definition) is 2. The van der Waals surface area contributed by atoms with Crippen molar-refractivity contribution in [3.05, 3.63) is 18.2 Å². The summed E-state index contributed by atoms with van der Waals surface area (Å²) in [5.74, 6) is 2.12. The van der Waals surface area contributed by atoms with Crippen LogP contribution in [-0.2, 0) is 0 Å². The Labute approximate surface area is 163 Å². The van der Waals surface area contributed by atoms with E-state index in [1.807, 2.05) is 18.2 Å². The Morgan fingerprint density at radius 2 is 1.79 bits per heavy atom. The maximum absolute atomic E-state index is 5.32. The predicted molar refractivity (Wildman–Crippen MR) is 112 cm³/mol. The van der Waals surface area contributed by atoms with Gasteiger partial charge >= 0.3 is 0 Å². The molecule has 2 N–H and O–H groups in total. The van der Waals surface area contributed by atoms with Crippen LogP contribution in [0.25, 0.3) is 0 Å². The van der Waals surface area contributed by atoms with Crippen molar-refractivity contribution in [1.29, 1.82) is 0 Å². The molecule has 6 nitrogen and oxygen atoms in total. The van der Waals surface area contributed by atoms with Gasteiger partial charge in [0.15, 0.2) is 17.5 Å². The van der Waals surface area contributed by atoms with E-state index in [-0.39, 0.29) is 24.0 Å². The monoisotopic (exact) mass is 450 g/mol. The fourth-order valence-corrected chi connectivity index (χ4v) is 2.45. The van der Waals surface area contributed by atoms with E-state index in [9.17, 15) is 0 Å². The topological polar surface area (TPSA) is 58.1 Å². The first-order valence-electron chi connectivity index (χ1n) is 8.03. The van der Waals surface area contributed by atoms with E-state index < -0.39 is 0 Å². The van der Waals surface area contributed by atoms with E-state index in [2.05, 4.69) is 41.3 Å². The van der Waals surface area contributed by atoms with E-state index >= 15 is 0 Å². The van der Waals surface area contributed by atoms with Crippen LogP contribution in [0.15, 0.2) is 23.2 Å². The summed E-state index contributed by atoms with van der Waals surface area (Å²) in [7, 11) is 5.01. The van der Waals surface area contributed by atoms with Crippen LogP contribution >= 0.6 is 24.0 Å². The van der Waals surface area contributed by atoms with Gasteiger partial charge in [-0.25, -0.2) is 0 Å². The first-order chi connectivity index (χ1) is 11.1. The number of halogens is 1. The molecular formula is C17H31IN4O2. The van der Waals surface area contributed by atoms with Gasteiger partial charge in [0.05, 0.1) is 14.2 Å². The van der Waals surface area contributed by atoms with Crippen LogP contribution in [-0.4, -0.2) is 57.8 Å². The molecule has 0 heterocycles. The number of guanidine groups is 1. The Kier molecular flexibility index (Phi) is 11.6. The minimum Gasteiger partial charge on any atom is -0.493 e. The van der Waals surface area contributed by atoms with E-state index in [0.29, 0.717) is 17.5 Å². The summed E-state index contributed by atoms with van der Waals surface area (Å²) in [6.07, 6.45) is 0. The minimum atomic E-state index is 0. The average molecular weight is 450 g/mol. The molecule has 1 unspecified atom stereocenters. The van der Waals surface area contributed by atoms with Crippen molar-refractivity contribution >= 4 is 35.6 Å². The van der Waals surface area contributed by atoms with Crippen LogP contribution in [0.3, 0.4) is 0 Å². The largest absolute Gasteiger partial charge is 0.493 e. The second kappa shape index (κ2) is 12.2. The molecule has 24 heavy (non-hydrogen) atoms. The Morgan fingerprint density at radius 3 is 2.29 bits per heavy atom. The molecule has 0 radical (unpaired) electrons. The predicted octanol–water partition coefficient (Wildman–Crippen LogP) is 3.04. The first-order valence-corrected chi connectivity index (χ1v) is 8.03. The zero-order valence-corrected chi connectivity index (χ0v) is 17.9. The smallest absolute Gasteiger partial charge is 0.195 e. The molecule has 0 aromatic heterocycles. The van der Waals surface area contributed by atoms with Crippen molar-refractivity contribution < 1.29 is 9.47 Å². The van der Waals surface area contributed by atoms with Crippen LogP contribution in [0.5, 0.6) is 11.5 Å². The van der Waals surface area contributed by atoms with Gasteiger partial charge in [-0.1, -0.05) is 13.8 Å². The molecule has 7 heteroatoms. The highest BCUT2D eigenvalue weighted by Gasteiger charge is 2.11. The molecule has 0 aliphatic rings. The fraction of sp³-hybridized carbons (Fsp3) is 0.588. The number of nitrogens with zero attached hydrogens (tertiary/aromatic N) is 2. The fourth-order valence-electron chi connectivity index (χ4n) is 2.45. The molecule has 1 atom stereocenters. The van der Waals surface area contributed by atoms with E-state index in [1.165, 1.54) is 0 Å². The number of benzene rings is 1.